The summed E-state index contributed by atoms with van der Waals surface area (Å²) in [5.74, 6) is -0.159. The van der Waals surface area contributed by atoms with Crippen molar-refractivity contribution in [2.75, 3.05) is 44.8 Å². The van der Waals surface area contributed by atoms with Crippen LogP contribution in [0.5, 0.6) is 11.5 Å². The lowest BCUT2D eigenvalue weighted by Crippen LogP contribution is -2.31. The molecule has 2 aliphatic rings. The van der Waals surface area contributed by atoms with Gasteiger partial charge in [-0.05, 0) is 56.2 Å². The van der Waals surface area contributed by atoms with Crippen molar-refractivity contribution in [2.45, 2.75) is 71.8 Å². The summed E-state index contributed by atoms with van der Waals surface area (Å²) in [6, 6.07) is 5.54. The summed E-state index contributed by atoms with van der Waals surface area (Å²) in [5, 5.41) is 20.3. The number of carboxylic acid groups (broad SMARTS) is 1. The van der Waals surface area contributed by atoms with E-state index >= 15 is 0 Å². The number of halogens is 1. The van der Waals surface area contributed by atoms with Crippen molar-refractivity contribution in [2.24, 2.45) is 0 Å². The van der Waals surface area contributed by atoms with Gasteiger partial charge < -0.3 is 29.7 Å². The van der Waals surface area contributed by atoms with Crippen LogP contribution in [0.2, 0.25) is 0 Å². The highest BCUT2D eigenvalue weighted by Crippen LogP contribution is 2.42. The maximum Gasteiger partial charge on any atom is 0.303 e. The molecular formula is C32H44BrN5O6. The Morgan fingerprint density at radius 3 is 2.41 bits per heavy atom. The number of ether oxygens (including phenoxy) is 2. The fourth-order valence-electron chi connectivity index (χ4n) is 5.47. The van der Waals surface area contributed by atoms with Crippen LogP contribution in [-0.2, 0) is 16.8 Å². The minimum Gasteiger partial charge on any atom is -0.491 e. The molecule has 0 atom stereocenters. The smallest absolute Gasteiger partial charge is 0.303 e. The molecule has 1 amide bonds. The number of nitrogens with zero attached hydrogens (tertiary/aromatic N) is 3. The van der Waals surface area contributed by atoms with Crippen molar-refractivity contribution in [3.05, 3.63) is 46.3 Å². The van der Waals surface area contributed by atoms with Gasteiger partial charge in [-0.2, -0.15) is 0 Å². The molecule has 12 heteroatoms. The molecule has 0 saturated carbocycles. The van der Waals surface area contributed by atoms with Crippen molar-refractivity contribution in [1.82, 2.24) is 15.2 Å². The number of pyridine rings is 1. The van der Waals surface area contributed by atoms with E-state index in [1.165, 1.54) is 7.05 Å². The minimum absolute atomic E-state index is 0. The highest BCUT2D eigenvalue weighted by molar-refractivity contribution is 8.93. The summed E-state index contributed by atoms with van der Waals surface area (Å²) in [5.41, 5.74) is 3.23. The number of amides is 1. The van der Waals surface area contributed by atoms with Gasteiger partial charge in [-0.1, -0.05) is 20.8 Å². The number of hydrogen-bond donors (Lipinski definition) is 3. The number of fused-ring (bicyclic) bond motifs is 1. The maximum absolute atomic E-state index is 13.8. The highest BCUT2D eigenvalue weighted by Gasteiger charge is 2.32. The number of aliphatic carboxylic acids is 1. The number of unbranched alkanes of at least 4 members (excludes halogenated alkanes) is 1. The lowest BCUT2D eigenvalue weighted by molar-refractivity contribution is -0.137. The number of Topliss-reactive ketones (excluding diaryl/α,β-unsaturated/α-hetero) is 1. The van der Waals surface area contributed by atoms with E-state index in [1.807, 2.05) is 19.1 Å². The molecule has 0 radical (unpaired) electrons. The quantitative estimate of drug-likeness (QED) is 0.198. The van der Waals surface area contributed by atoms with Crippen LogP contribution in [0.1, 0.15) is 97.5 Å². The molecular weight excluding hydrogens is 630 g/mol. The van der Waals surface area contributed by atoms with Crippen LogP contribution in [-0.4, -0.2) is 78.4 Å². The van der Waals surface area contributed by atoms with Gasteiger partial charge in [0.2, 0.25) is 0 Å². The van der Waals surface area contributed by atoms with Crippen molar-refractivity contribution < 1.29 is 29.0 Å². The fourth-order valence-corrected chi connectivity index (χ4v) is 5.47. The average molecular weight is 675 g/mol. The number of carbonyl (C=O) groups is 3. The summed E-state index contributed by atoms with van der Waals surface area (Å²) in [6.07, 6.45) is 3.37. The first-order valence-electron chi connectivity index (χ1n) is 15.0. The highest BCUT2D eigenvalue weighted by atomic mass is 79.9. The molecule has 44 heavy (non-hydrogen) atoms. The maximum atomic E-state index is 13.8. The van der Waals surface area contributed by atoms with Crippen molar-refractivity contribution in [1.29, 1.82) is 5.41 Å². The van der Waals surface area contributed by atoms with Gasteiger partial charge in [-0.15, -0.1) is 17.0 Å². The van der Waals surface area contributed by atoms with E-state index in [-0.39, 0.29) is 52.7 Å². The third-order valence-electron chi connectivity index (χ3n) is 7.72. The predicted molar refractivity (Wildman–Crippen MR) is 174 cm³/mol. The second-order valence-electron chi connectivity index (χ2n) is 12.0. The zero-order valence-electron chi connectivity index (χ0n) is 26.2. The summed E-state index contributed by atoms with van der Waals surface area (Å²) in [4.78, 5) is 45.6. The monoisotopic (exact) mass is 673 g/mol. The van der Waals surface area contributed by atoms with Gasteiger partial charge in [0.1, 0.15) is 17.3 Å². The Morgan fingerprint density at radius 1 is 1.09 bits per heavy atom. The summed E-state index contributed by atoms with van der Waals surface area (Å²) in [7, 11) is 1.52. The van der Waals surface area contributed by atoms with Gasteiger partial charge in [0.25, 0.3) is 5.91 Å². The Morgan fingerprint density at radius 2 is 1.80 bits per heavy atom. The van der Waals surface area contributed by atoms with Gasteiger partial charge >= 0.3 is 5.97 Å². The van der Waals surface area contributed by atoms with Crippen LogP contribution in [0, 0.1) is 5.41 Å². The van der Waals surface area contributed by atoms with E-state index < -0.39 is 11.9 Å². The zero-order valence-corrected chi connectivity index (χ0v) is 28.0. The van der Waals surface area contributed by atoms with Gasteiger partial charge in [0.05, 0.1) is 25.4 Å². The first-order chi connectivity index (χ1) is 20.4. The van der Waals surface area contributed by atoms with Crippen LogP contribution >= 0.6 is 17.0 Å². The van der Waals surface area contributed by atoms with Crippen molar-refractivity contribution >= 4 is 46.2 Å². The van der Waals surface area contributed by atoms with Crippen LogP contribution < -0.4 is 19.7 Å². The number of rotatable bonds is 13. The number of anilines is 1. The SMILES string of the molecule is Br.CCOc1cc2c(nc1C(=O)NC)C(=N)N(CC(=O)c1cc(N3CCCC3)c(OCCCCC(=O)O)c(C(C)(C)C)c1)C2. The second-order valence-corrected chi connectivity index (χ2v) is 12.0. The Kier molecular flexibility index (Phi) is 11.8. The zero-order chi connectivity index (χ0) is 31.3. The molecule has 1 aromatic carbocycles. The van der Waals surface area contributed by atoms with Crippen LogP contribution in [0.15, 0.2) is 18.2 Å². The molecule has 1 saturated heterocycles. The molecule has 2 aromatic rings. The lowest BCUT2D eigenvalue weighted by atomic mass is 9.84. The van der Waals surface area contributed by atoms with E-state index in [0.717, 1.165) is 48.5 Å². The summed E-state index contributed by atoms with van der Waals surface area (Å²) < 4.78 is 12.0. The van der Waals surface area contributed by atoms with Gasteiger partial charge in [0.15, 0.2) is 17.2 Å². The molecule has 4 rings (SSSR count). The lowest BCUT2D eigenvalue weighted by Gasteiger charge is -2.30. The first kappa shape index (κ1) is 34.8. The van der Waals surface area contributed by atoms with E-state index in [1.54, 1.807) is 11.0 Å². The predicted octanol–water partition coefficient (Wildman–Crippen LogP) is 4.97. The van der Waals surface area contributed by atoms with E-state index in [0.29, 0.717) is 49.6 Å². The second kappa shape index (κ2) is 14.9. The molecule has 1 aromatic heterocycles. The molecule has 240 valence electrons. The number of aromatic nitrogens is 1. The molecule has 0 bridgehead atoms. The molecule has 0 spiro atoms. The standard InChI is InChI=1S/C32H43N5O6.BrH/c1-6-42-25-17-21-18-37(30(33)27(21)35-28(25)31(41)34-5)19-24(38)20-15-22(32(2,3)4)29(43-14-10-7-11-26(39)40)23(16-20)36-12-8-9-13-36;/h15-17,33H,6-14,18-19H2,1-5H3,(H,34,41)(H,39,40);1H. The van der Waals surface area contributed by atoms with Crippen LogP contribution in [0.25, 0.3) is 0 Å². The van der Waals surface area contributed by atoms with E-state index in [2.05, 4.69) is 36.0 Å². The van der Waals surface area contributed by atoms with Crippen LogP contribution in [0.3, 0.4) is 0 Å². The third kappa shape index (κ3) is 7.88. The Balaban J connectivity index is 0.00000529. The van der Waals surface area contributed by atoms with Gasteiger partial charge in [-0.25, -0.2) is 4.98 Å². The van der Waals surface area contributed by atoms with Crippen LogP contribution in [0.4, 0.5) is 5.69 Å². The number of benzene rings is 1. The molecule has 3 N–H and O–H groups in total. The van der Waals surface area contributed by atoms with E-state index in [9.17, 15) is 14.4 Å². The Labute approximate surface area is 269 Å². The Bertz CT molecular complexity index is 1400. The number of carbonyl (C=O) groups excluding carboxylic acids is 2. The molecule has 0 aliphatic carbocycles. The number of nitrogens with one attached hydrogen (secondary N) is 2. The van der Waals surface area contributed by atoms with Crippen molar-refractivity contribution in [3.8, 4) is 11.5 Å². The first-order valence-corrected chi connectivity index (χ1v) is 15.0. The van der Waals surface area contributed by atoms with E-state index in [4.69, 9.17) is 20.0 Å². The summed E-state index contributed by atoms with van der Waals surface area (Å²) in [6.45, 7) is 10.8. The van der Waals surface area contributed by atoms with Gasteiger partial charge in [0, 0.05) is 49.8 Å². The molecule has 1 fully saturated rings. The number of amidine groups is 1. The molecule has 3 heterocycles. The third-order valence-corrected chi connectivity index (χ3v) is 7.72. The summed E-state index contributed by atoms with van der Waals surface area (Å²) >= 11 is 0. The normalized spacial score (nSPS) is 14.2. The topological polar surface area (TPSA) is 145 Å². The molecule has 11 nitrogen and oxygen atoms in total. The Hall–Kier alpha value is -3.67. The number of ketones is 1. The average Bonchev–Trinajstić information content (AvgIpc) is 3.59. The number of carboxylic acids is 1. The minimum atomic E-state index is -0.817. The van der Waals surface area contributed by atoms with Crippen molar-refractivity contribution in [3.63, 3.8) is 0 Å². The van der Waals surface area contributed by atoms with Gasteiger partial charge in [-0.3, -0.25) is 19.8 Å². The molecule has 0 unspecified atom stereocenters. The fraction of sp³-hybridized carbons (Fsp3) is 0.531. The largest absolute Gasteiger partial charge is 0.491 e. The number of hydrogen-bond acceptors (Lipinski definition) is 8. The molecule has 2 aliphatic heterocycles.